The van der Waals surface area contributed by atoms with Gasteiger partial charge in [-0.1, -0.05) is 0 Å². The Hall–Kier alpha value is -1.13. The van der Waals surface area contributed by atoms with Gasteiger partial charge in [-0.25, -0.2) is 4.79 Å². The predicted molar refractivity (Wildman–Crippen MR) is 119 cm³/mol. The van der Waals surface area contributed by atoms with Crippen LogP contribution in [0.2, 0.25) is 0 Å². The molecule has 0 spiro atoms. The first kappa shape index (κ1) is 27.9. The summed E-state index contributed by atoms with van der Waals surface area (Å²) in [5.41, 5.74) is 0. The Kier molecular flexibility index (Phi) is 11.4. The fourth-order valence-electron chi connectivity index (χ4n) is 4.68. The Bertz CT molecular complexity index is 599. The second kappa shape index (κ2) is 14.7. The quantitative estimate of drug-likeness (QED) is 0.192. The SMILES string of the molecule is CO[C@@H]1CO[C@H]2[C@@H]1OC[C@@H]2OCCOCCOC(=O)OCCOCCO[C@H]1CO[C@H]2[C@@H]1OC[C@H]2OC. The Morgan fingerprint density at radius 3 is 1.33 bits per heavy atom. The highest BCUT2D eigenvalue weighted by atomic mass is 16.7. The van der Waals surface area contributed by atoms with Crippen LogP contribution in [0.25, 0.3) is 0 Å². The van der Waals surface area contributed by atoms with Crippen molar-refractivity contribution in [2.75, 3.05) is 93.5 Å². The number of ether oxygens (including phenoxy) is 12. The minimum atomic E-state index is -0.768. The van der Waals surface area contributed by atoms with Crippen molar-refractivity contribution < 1.29 is 61.6 Å². The summed E-state index contributed by atoms with van der Waals surface area (Å²) < 4.78 is 65.8. The van der Waals surface area contributed by atoms with Crippen LogP contribution in [-0.2, 0) is 56.8 Å². The first-order valence-electron chi connectivity index (χ1n) is 12.4. The molecule has 4 aliphatic heterocycles. The zero-order valence-electron chi connectivity index (χ0n) is 20.9. The maximum absolute atomic E-state index is 11.6. The topological polar surface area (TPSA) is 128 Å². The number of methoxy groups -OCH3 is 2. The number of hydrogen-bond donors (Lipinski definition) is 0. The van der Waals surface area contributed by atoms with Crippen LogP contribution in [0, 0.1) is 0 Å². The highest BCUT2D eigenvalue weighted by molar-refractivity contribution is 5.59. The zero-order chi connectivity index (χ0) is 25.2. The molecule has 0 aromatic rings. The standard InChI is InChI=1S/C23H38O13/c1-25-15-11-33-21-17(13-35-19(15)21)29-7-3-27-5-9-31-23(24)32-10-6-28-4-8-30-18-14-36-20-16(26-2)12-34-22(18)20/h15-22H,3-14H2,1-2H3/t15-,16-,17+,18+,19-,20-,21-,22-/m1/s1. The van der Waals surface area contributed by atoms with Gasteiger partial charge in [0, 0.05) is 14.2 Å². The molecule has 4 saturated heterocycles. The van der Waals surface area contributed by atoms with Crippen molar-refractivity contribution in [3.63, 3.8) is 0 Å². The normalized spacial score (nSPS) is 35.2. The summed E-state index contributed by atoms with van der Waals surface area (Å²) in [5, 5.41) is 0. The van der Waals surface area contributed by atoms with Crippen molar-refractivity contribution in [1.82, 2.24) is 0 Å². The molecule has 0 saturated carbocycles. The molecule has 0 unspecified atom stereocenters. The fourth-order valence-corrected chi connectivity index (χ4v) is 4.68. The van der Waals surface area contributed by atoms with Gasteiger partial charge in [-0.15, -0.1) is 0 Å². The Morgan fingerprint density at radius 2 is 0.917 bits per heavy atom. The minimum absolute atomic E-state index is 0.0464. The van der Waals surface area contributed by atoms with E-state index in [1.54, 1.807) is 14.2 Å². The van der Waals surface area contributed by atoms with Crippen LogP contribution < -0.4 is 0 Å². The Balaban J connectivity index is 0.910. The van der Waals surface area contributed by atoms with Gasteiger partial charge in [0.2, 0.25) is 0 Å². The summed E-state index contributed by atoms with van der Waals surface area (Å²) in [4.78, 5) is 11.6. The monoisotopic (exact) mass is 522 g/mol. The van der Waals surface area contributed by atoms with Crippen LogP contribution in [0.15, 0.2) is 0 Å². The fraction of sp³-hybridized carbons (Fsp3) is 0.957. The summed E-state index contributed by atoms with van der Waals surface area (Å²) in [6, 6.07) is 0. The van der Waals surface area contributed by atoms with E-state index in [2.05, 4.69) is 0 Å². The van der Waals surface area contributed by atoms with Crippen molar-refractivity contribution in [1.29, 1.82) is 0 Å². The van der Waals surface area contributed by atoms with Crippen LogP contribution in [0.3, 0.4) is 0 Å². The van der Waals surface area contributed by atoms with Crippen LogP contribution in [-0.4, -0.2) is 148 Å². The van der Waals surface area contributed by atoms with E-state index in [4.69, 9.17) is 56.8 Å². The molecule has 13 nitrogen and oxygen atoms in total. The lowest BCUT2D eigenvalue weighted by molar-refractivity contribution is -0.0613. The Morgan fingerprint density at radius 1 is 0.556 bits per heavy atom. The highest BCUT2D eigenvalue weighted by Gasteiger charge is 2.49. The second-order valence-electron chi connectivity index (χ2n) is 8.73. The first-order chi connectivity index (χ1) is 17.7. The van der Waals surface area contributed by atoms with Gasteiger partial charge in [0.15, 0.2) is 0 Å². The van der Waals surface area contributed by atoms with E-state index in [1.165, 1.54) is 0 Å². The third-order valence-electron chi connectivity index (χ3n) is 6.54. The molecule has 4 rings (SSSR count). The van der Waals surface area contributed by atoms with Gasteiger partial charge in [0.05, 0.1) is 66.1 Å². The van der Waals surface area contributed by atoms with Crippen LogP contribution >= 0.6 is 0 Å². The number of hydrogen-bond acceptors (Lipinski definition) is 13. The van der Waals surface area contributed by atoms with Gasteiger partial charge >= 0.3 is 6.16 Å². The lowest BCUT2D eigenvalue weighted by atomic mass is 10.1. The smallest absolute Gasteiger partial charge is 0.432 e. The van der Waals surface area contributed by atoms with E-state index < -0.39 is 6.16 Å². The molecular formula is C23H38O13. The van der Waals surface area contributed by atoms with E-state index in [0.29, 0.717) is 52.9 Å². The molecule has 208 valence electrons. The zero-order valence-corrected chi connectivity index (χ0v) is 20.9. The lowest BCUT2D eigenvalue weighted by Crippen LogP contribution is -2.34. The van der Waals surface area contributed by atoms with Gasteiger partial charge < -0.3 is 56.8 Å². The van der Waals surface area contributed by atoms with Crippen molar-refractivity contribution in [3.8, 4) is 0 Å². The number of carbonyl (C=O) groups is 1. The van der Waals surface area contributed by atoms with Gasteiger partial charge in [-0.2, -0.15) is 0 Å². The van der Waals surface area contributed by atoms with Crippen LogP contribution in [0.5, 0.6) is 0 Å². The molecule has 0 amide bonds. The molecule has 4 fully saturated rings. The Labute approximate surface area is 210 Å². The molecule has 0 radical (unpaired) electrons. The molecule has 13 heteroatoms. The molecule has 0 aromatic carbocycles. The molecule has 0 aromatic heterocycles. The van der Waals surface area contributed by atoms with Gasteiger partial charge in [-0.3, -0.25) is 0 Å². The number of carbonyl (C=O) groups excluding carboxylic acids is 1. The van der Waals surface area contributed by atoms with Crippen molar-refractivity contribution in [3.05, 3.63) is 0 Å². The maximum atomic E-state index is 11.6. The van der Waals surface area contributed by atoms with Crippen LogP contribution in [0.4, 0.5) is 4.79 Å². The maximum Gasteiger partial charge on any atom is 0.508 e. The summed E-state index contributed by atoms with van der Waals surface area (Å²) in [7, 11) is 3.30. The lowest BCUT2D eigenvalue weighted by Gasteiger charge is -2.17. The second-order valence-corrected chi connectivity index (χ2v) is 8.73. The van der Waals surface area contributed by atoms with E-state index in [1.807, 2.05) is 0 Å². The van der Waals surface area contributed by atoms with Gasteiger partial charge in [0.25, 0.3) is 0 Å². The summed E-state index contributed by atoms with van der Waals surface area (Å²) in [5.74, 6) is 0. The van der Waals surface area contributed by atoms with Crippen LogP contribution in [0.1, 0.15) is 0 Å². The van der Waals surface area contributed by atoms with Crippen molar-refractivity contribution in [2.45, 2.75) is 48.8 Å². The summed E-state index contributed by atoms with van der Waals surface area (Å²) >= 11 is 0. The molecule has 0 aliphatic carbocycles. The molecule has 4 heterocycles. The first-order valence-corrected chi connectivity index (χ1v) is 12.4. The average molecular weight is 523 g/mol. The van der Waals surface area contributed by atoms with E-state index in [9.17, 15) is 4.79 Å². The van der Waals surface area contributed by atoms with Crippen molar-refractivity contribution >= 4 is 6.16 Å². The van der Waals surface area contributed by atoms with Crippen molar-refractivity contribution in [2.24, 2.45) is 0 Å². The number of rotatable bonds is 16. The third kappa shape index (κ3) is 7.47. The molecule has 4 aliphatic rings. The highest BCUT2D eigenvalue weighted by Crippen LogP contribution is 2.31. The molecular weight excluding hydrogens is 484 g/mol. The van der Waals surface area contributed by atoms with E-state index in [-0.39, 0.29) is 75.3 Å². The average Bonchev–Trinajstić information content (AvgIpc) is 3.65. The number of fused-ring (bicyclic) bond motifs is 2. The predicted octanol–water partition coefficient (Wildman–Crippen LogP) is -0.432. The van der Waals surface area contributed by atoms with E-state index >= 15 is 0 Å². The molecule has 8 atom stereocenters. The minimum Gasteiger partial charge on any atom is -0.432 e. The largest absolute Gasteiger partial charge is 0.508 e. The van der Waals surface area contributed by atoms with E-state index in [0.717, 1.165) is 0 Å². The molecule has 0 N–H and O–H groups in total. The van der Waals surface area contributed by atoms with Gasteiger partial charge in [0.1, 0.15) is 62.0 Å². The summed E-state index contributed by atoms with van der Waals surface area (Å²) in [6.07, 6.45) is -1.49. The molecule has 36 heavy (non-hydrogen) atoms. The molecule has 0 bridgehead atoms. The van der Waals surface area contributed by atoms with Gasteiger partial charge in [-0.05, 0) is 0 Å². The summed E-state index contributed by atoms with van der Waals surface area (Å²) in [6.45, 7) is 4.13. The third-order valence-corrected chi connectivity index (χ3v) is 6.54.